The van der Waals surface area contributed by atoms with Crippen molar-refractivity contribution in [3.8, 4) is 0 Å². The highest BCUT2D eigenvalue weighted by atomic mass is 15.3. The van der Waals surface area contributed by atoms with Crippen molar-refractivity contribution in [3.05, 3.63) is 35.9 Å². The smallest absolute Gasteiger partial charge is 0.0535 e. The molecular formula is C18H30N2. The molecule has 112 valence electrons. The number of piperazine rings is 1. The number of nitrogens with zero attached hydrogens (tertiary/aromatic N) is 1. The van der Waals surface area contributed by atoms with Gasteiger partial charge in [-0.05, 0) is 38.7 Å². The third-order valence-electron chi connectivity index (χ3n) is 4.51. The van der Waals surface area contributed by atoms with E-state index in [0.29, 0.717) is 12.1 Å². The fourth-order valence-corrected chi connectivity index (χ4v) is 3.38. The summed E-state index contributed by atoms with van der Waals surface area (Å²) in [6.45, 7) is 13.8. The minimum Gasteiger partial charge on any atom is -0.305 e. The summed E-state index contributed by atoms with van der Waals surface area (Å²) < 4.78 is 0. The first-order valence-corrected chi connectivity index (χ1v) is 7.98. The van der Waals surface area contributed by atoms with Crippen LogP contribution in [0.3, 0.4) is 0 Å². The molecule has 0 spiro atoms. The Hall–Kier alpha value is -0.860. The first-order chi connectivity index (χ1) is 9.42. The van der Waals surface area contributed by atoms with Gasteiger partial charge in [-0.2, -0.15) is 0 Å². The number of hydrogen-bond acceptors (Lipinski definition) is 2. The van der Waals surface area contributed by atoms with Crippen molar-refractivity contribution in [2.24, 2.45) is 5.92 Å². The Balaban J connectivity index is 2.17. The molecule has 0 saturated carbocycles. The molecule has 20 heavy (non-hydrogen) atoms. The van der Waals surface area contributed by atoms with E-state index in [9.17, 15) is 0 Å². The highest BCUT2D eigenvalue weighted by Crippen LogP contribution is 2.29. The third-order valence-corrected chi connectivity index (χ3v) is 4.51. The summed E-state index contributed by atoms with van der Waals surface area (Å²) >= 11 is 0. The Morgan fingerprint density at radius 2 is 1.85 bits per heavy atom. The van der Waals surface area contributed by atoms with Gasteiger partial charge in [-0.25, -0.2) is 0 Å². The van der Waals surface area contributed by atoms with Crippen molar-refractivity contribution in [1.82, 2.24) is 10.2 Å². The molecule has 2 rings (SSSR count). The summed E-state index contributed by atoms with van der Waals surface area (Å²) in [7, 11) is 0. The van der Waals surface area contributed by atoms with Crippen molar-refractivity contribution < 1.29 is 0 Å². The van der Waals surface area contributed by atoms with Gasteiger partial charge in [-0.3, -0.25) is 4.90 Å². The van der Waals surface area contributed by atoms with Gasteiger partial charge in [0.15, 0.2) is 0 Å². The van der Waals surface area contributed by atoms with Gasteiger partial charge in [0.05, 0.1) is 5.54 Å². The van der Waals surface area contributed by atoms with E-state index in [0.717, 1.165) is 19.0 Å². The van der Waals surface area contributed by atoms with Crippen LogP contribution >= 0.6 is 0 Å². The molecule has 1 aromatic carbocycles. The van der Waals surface area contributed by atoms with Crippen LogP contribution in [0, 0.1) is 5.92 Å². The number of benzene rings is 1. The van der Waals surface area contributed by atoms with Crippen molar-refractivity contribution in [2.45, 2.75) is 58.7 Å². The molecule has 0 aliphatic carbocycles. The fraction of sp³-hybridized carbons (Fsp3) is 0.667. The van der Waals surface area contributed by atoms with Crippen LogP contribution < -0.4 is 5.32 Å². The van der Waals surface area contributed by atoms with Gasteiger partial charge in [-0.1, -0.05) is 44.2 Å². The quantitative estimate of drug-likeness (QED) is 0.902. The van der Waals surface area contributed by atoms with E-state index in [2.05, 4.69) is 75.2 Å². The average Bonchev–Trinajstić information content (AvgIpc) is 2.41. The lowest BCUT2D eigenvalue weighted by atomic mass is 9.86. The molecule has 0 radical (unpaired) electrons. The fourth-order valence-electron chi connectivity index (χ4n) is 3.38. The van der Waals surface area contributed by atoms with Gasteiger partial charge in [-0.15, -0.1) is 0 Å². The zero-order valence-corrected chi connectivity index (χ0v) is 13.7. The predicted molar refractivity (Wildman–Crippen MR) is 86.9 cm³/mol. The van der Waals surface area contributed by atoms with Crippen molar-refractivity contribution in [2.75, 3.05) is 13.1 Å². The molecule has 2 heteroatoms. The monoisotopic (exact) mass is 274 g/mol. The molecule has 1 aliphatic heterocycles. The van der Waals surface area contributed by atoms with E-state index in [4.69, 9.17) is 0 Å². The van der Waals surface area contributed by atoms with Crippen molar-refractivity contribution in [1.29, 1.82) is 0 Å². The average molecular weight is 274 g/mol. The van der Waals surface area contributed by atoms with E-state index in [-0.39, 0.29) is 5.54 Å². The SMILES string of the molecule is CC(C)CC1CNC(C)(c2ccccc2)CN1C(C)C. The van der Waals surface area contributed by atoms with Crippen LogP contribution in [0.1, 0.15) is 46.6 Å². The van der Waals surface area contributed by atoms with Crippen LogP contribution in [0.15, 0.2) is 30.3 Å². The van der Waals surface area contributed by atoms with Gasteiger partial charge in [0.25, 0.3) is 0 Å². The van der Waals surface area contributed by atoms with Crippen molar-refractivity contribution in [3.63, 3.8) is 0 Å². The first-order valence-electron chi connectivity index (χ1n) is 7.98. The zero-order valence-electron chi connectivity index (χ0n) is 13.7. The van der Waals surface area contributed by atoms with Crippen molar-refractivity contribution >= 4 is 0 Å². The Labute approximate surface area is 124 Å². The van der Waals surface area contributed by atoms with Crippen LogP contribution in [0.5, 0.6) is 0 Å². The zero-order chi connectivity index (χ0) is 14.8. The molecule has 2 atom stereocenters. The highest BCUT2D eigenvalue weighted by molar-refractivity contribution is 5.25. The second kappa shape index (κ2) is 6.28. The second-order valence-corrected chi connectivity index (χ2v) is 7.13. The lowest BCUT2D eigenvalue weighted by Gasteiger charge is -2.49. The lowest BCUT2D eigenvalue weighted by molar-refractivity contribution is 0.0481. The summed E-state index contributed by atoms with van der Waals surface area (Å²) in [6, 6.07) is 12.1. The van der Waals surface area contributed by atoms with Crippen LogP contribution in [0.2, 0.25) is 0 Å². The topological polar surface area (TPSA) is 15.3 Å². The highest BCUT2D eigenvalue weighted by Gasteiger charge is 2.37. The van der Waals surface area contributed by atoms with Crippen LogP contribution in [-0.4, -0.2) is 30.1 Å². The normalized spacial score (nSPS) is 28.2. The molecule has 0 amide bonds. The molecule has 2 nitrogen and oxygen atoms in total. The molecule has 1 saturated heterocycles. The van der Waals surface area contributed by atoms with Crippen LogP contribution in [0.25, 0.3) is 0 Å². The summed E-state index contributed by atoms with van der Waals surface area (Å²) in [5, 5.41) is 3.81. The van der Waals surface area contributed by atoms with E-state index in [1.165, 1.54) is 12.0 Å². The molecule has 1 fully saturated rings. The Bertz CT molecular complexity index is 413. The number of hydrogen-bond donors (Lipinski definition) is 1. The summed E-state index contributed by atoms with van der Waals surface area (Å²) in [5.41, 5.74) is 1.47. The van der Waals surface area contributed by atoms with Crippen LogP contribution in [-0.2, 0) is 5.54 Å². The minimum atomic E-state index is 0.0685. The van der Waals surface area contributed by atoms with Gasteiger partial charge in [0.2, 0.25) is 0 Å². The molecule has 1 aromatic rings. The van der Waals surface area contributed by atoms with Crippen LogP contribution in [0.4, 0.5) is 0 Å². The summed E-state index contributed by atoms with van der Waals surface area (Å²) in [5.74, 6) is 0.754. The third kappa shape index (κ3) is 3.42. The van der Waals surface area contributed by atoms with E-state index in [1.807, 2.05) is 0 Å². The largest absolute Gasteiger partial charge is 0.305 e. The van der Waals surface area contributed by atoms with E-state index in [1.54, 1.807) is 0 Å². The Morgan fingerprint density at radius 1 is 1.20 bits per heavy atom. The molecule has 2 unspecified atom stereocenters. The second-order valence-electron chi connectivity index (χ2n) is 7.13. The standard InChI is InChI=1S/C18H30N2/c1-14(2)11-17-12-19-18(5,13-20(17)15(3)4)16-9-7-6-8-10-16/h6-10,14-15,17,19H,11-13H2,1-5H3. The summed E-state index contributed by atoms with van der Waals surface area (Å²) in [4.78, 5) is 2.68. The van der Waals surface area contributed by atoms with Gasteiger partial charge in [0, 0.05) is 25.2 Å². The molecular weight excluding hydrogens is 244 g/mol. The maximum atomic E-state index is 3.81. The lowest BCUT2D eigenvalue weighted by Crippen LogP contribution is -2.62. The molecule has 0 bridgehead atoms. The van der Waals surface area contributed by atoms with Gasteiger partial charge < -0.3 is 5.32 Å². The summed E-state index contributed by atoms with van der Waals surface area (Å²) in [6.07, 6.45) is 1.27. The minimum absolute atomic E-state index is 0.0685. The Kier molecular flexibility index (Phi) is 4.87. The molecule has 1 heterocycles. The molecule has 1 N–H and O–H groups in total. The number of nitrogens with one attached hydrogen (secondary N) is 1. The molecule has 1 aliphatic rings. The van der Waals surface area contributed by atoms with E-state index >= 15 is 0 Å². The van der Waals surface area contributed by atoms with E-state index < -0.39 is 0 Å². The van der Waals surface area contributed by atoms with Gasteiger partial charge >= 0.3 is 0 Å². The predicted octanol–water partition coefficient (Wildman–Crippen LogP) is 3.63. The maximum Gasteiger partial charge on any atom is 0.0535 e. The Morgan fingerprint density at radius 3 is 2.40 bits per heavy atom. The van der Waals surface area contributed by atoms with Gasteiger partial charge in [0.1, 0.15) is 0 Å². The molecule has 0 aromatic heterocycles. The maximum absolute atomic E-state index is 3.81. The number of rotatable bonds is 4. The first kappa shape index (κ1) is 15.5.